The molecule has 3 aromatic rings. The summed E-state index contributed by atoms with van der Waals surface area (Å²) in [6, 6.07) is 3.76. The van der Waals surface area contributed by atoms with Crippen LogP contribution in [0.15, 0.2) is 18.3 Å². The third kappa shape index (κ3) is 4.27. The van der Waals surface area contributed by atoms with Crippen molar-refractivity contribution in [2.45, 2.75) is 34.1 Å². The lowest BCUT2D eigenvalue weighted by molar-refractivity contribution is -0.142. The van der Waals surface area contributed by atoms with Crippen LogP contribution in [0.2, 0.25) is 0 Å². The molecule has 0 fully saturated rings. The Morgan fingerprint density at radius 3 is 2.45 bits per heavy atom. The predicted octanol–water partition coefficient (Wildman–Crippen LogP) is 4.09. The zero-order chi connectivity index (χ0) is 21.0. The van der Waals surface area contributed by atoms with Crippen molar-refractivity contribution in [2.24, 2.45) is 0 Å². The number of fused-ring (bicyclic) bond motifs is 1. The van der Waals surface area contributed by atoms with Crippen molar-refractivity contribution >= 4 is 28.6 Å². The second-order valence-corrected chi connectivity index (χ2v) is 7.37. The summed E-state index contributed by atoms with van der Waals surface area (Å²) in [6.45, 7) is 8.91. The highest BCUT2D eigenvalue weighted by Crippen LogP contribution is 2.37. The van der Waals surface area contributed by atoms with Crippen LogP contribution in [-0.2, 0) is 16.0 Å². The van der Waals surface area contributed by atoms with Crippen LogP contribution in [0.3, 0.4) is 0 Å². The number of ether oxygens (including phenoxy) is 3. The van der Waals surface area contributed by atoms with Gasteiger partial charge in [0.1, 0.15) is 11.4 Å². The van der Waals surface area contributed by atoms with Crippen LogP contribution in [0.4, 0.5) is 0 Å². The second-order valence-electron chi connectivity index (χ2n) is 6.28. The van der Waals surface area contributed by atoms with Gasteiger partial charge in [-0.15, -0.1) is 11.3 Å². The van der Waals surface area contributed by atoms with Crippen LogP contribution in [0.5, 0.6) is 11.5 Å². The second kappa shape index (κ2) is 9.09. The van der Waals surface area contributed by atoms with Crippen molar-refractivity contribution in [1.82, 2.24) is 9.38 Å². The molecular weight excluding hydrogens is 392 g/mol. The summed E-state index contributed by atoms with van der Waals surface area (Å²) >= 11 is 1.36. The summed E-state index contributed by atoms with van der Waals surface area (Å²) in [4.78, 5) is 29.7. The van der Waals surface area contributed by atoms with E-state index in [1.807, 2.05) is 32.9 Å². The lowest BCUT2D eigenvalue weighted by atomic mass is 10.0. The molecule has 0 saturated carbocycles. The number of carbonyl (C=O) groups is 2. The minimum atomic E-state index is -0.298. The Labute approximate surface area is 173 Å². The standard InChI is InChI=1S/C21H24N2O5S/c1-5-26-17-8-13(4)15(10-18(17)27-6-2)20-16(12-24)23-11-14(29-21(23)22-20)9-19(25)28-7-3/h8,10-12H,5-7,9H2,1-4H3. The lowest BCUT2D eigenvalue weighted by Crippen LogP contribution is -2.06. The van der Waals surface area contributed by atoms with Crippen LogP contribution in [-0.4, -0.2) is 41.5 Å². The smallest absolute Gasteiger partial charge is 0.311 e. The number of aryl methyl sites for hydroxylation is 1. The van der Waals surface area contributed by atoms with E-state index in [-0.39, 0.29) is 12.4 Å². The molecule has 1 aromatic carbocycles. The molecule has 2 heterocycles. The quantitative estimate of drug-likeness (QED) is 0.386. The van der Waals surface area contributed by atoms with Gasteiger partial charge in [0.05, 0.1) is 26.2 Å². The first-order valence-electron chi connectivity index (χ1n) is 9.54. The van der Waals surface area contributed by atoms with Crippen molar-refractivity contribution in [3.05, 3.63) is 34.5 Å². The molecule has 154 valence electrons. The van der Waals surface area contributed by atoms with Crippen molar-refractivity contribution < 1.29 is 23.8 Å². The Kier molecular flexibility index (Phi) is 6.53. The van der Waals surface area contributed by atoms with Gasteiger partial charge in [-0.25, -0.2) is 4.98 Å². The molecular formula is C21H24N2O5S. The number of esters is 1. The van der Waals surface area contributed by atoms with Gasteiger partial charge >= 0.3 is 5.97 Å². The minimum Gasteiger partial charge on any atom is -0.490 e. The van der Waals surface area contributed by atoms with Crippen LogP contribution in [0.1, 0.15) is 41.7 Å². The molecule has 0 aliphatic heterocycles. The van der Waals surface area contributed by atoms with Gasteiger partial charge in [-0.3, -0.25) is 14.0 Å². The largest absolute Gasteiger partial charge is 0.490 e. The van der Waals surface area contributed by atoms with Crippen molar-refractivity contribution in [2.75, 3.05) is 19.8 Å². The summed E-state index contributed by atoms with van der Waals surface area (Å²) in [5.41, 5.74) is 2.75. The van der Waals surface area contributed by atoms with E-state index in [0.29, 0.717) is 47.7 Å². The Balaban J connectivity index is 2.05. The number of hydrogen-bond donors (Lipinski definition) is 0. The number of aldehydes is 1. The molecule has 0 N–H and O–H groups in total. The van der Waals surface area contributed by atoms with E-state index >= 15 is 0 Å². The number of aromatic nitrogens is 2. The van der Waals surface area contributed by atoms with Gasteiger partial charge in [-0.2, -0.15) is 0 Å². The number of imidazole rings is 1. The maximum atomic E-state index is 11.9. The molecule has 0 saturated heterocycles. The summed E-state index contributed by atoms with van der Waals surface area (Å²) in [6.07, 6.45) is 2.71. The normalized spacial score (nSPS) is 10.9. The maximum Gasteiger partial charge on any atom is 0.311 e. The average Bonchev–Trinajstić information content (AvgIpc) is 3.21. The molecule has 0 aliphatic rings. The molecule has 2 aromatic heterocycles. The van der Waals surface area contributed by atoms with Gasteiger partial charge < -0.3 is 14.2 Å². The van der Waals surface area contributed by atoms with Crippen molar-refractivity contribution in [3.63, 3.8) is 0 Å². The molecule has 29 heavy (non-hydrogen) atoms. The average molecular weight is 416 g/mol. The molecule has 7 nitrogen and oxygen atoms in total. The van der Waals surface area contributed by atoms with Gasteiger partial charge in [0, 0.05) is 16.6 Å². The number of carbonyl (C=O) groups excluding carboxylic acids is 2. The summed E-state index contributed by atoms with van der Waals surface area (Å²) in [5.74, 6) is 0.987. The van der Waals surface area contributed by atoms with E-state index < -0.39 is 0 Å². The monoisotopic (exact) mass is 416 g/mol. The number of thiazole rings is 1. The fourth-order valence-electron chi connectivity index (χ4n) is 3.11. The van der Waals surface area contributed by atoms with Crippen LogP contribution >= 0.6 is 11.3 Å². The Bertz CT molecular complexity index is 1040. The van der Waals surface area contributed by atoms with E-state index in [0.717, 1.165) is 22.3 Å². The van der Waals surface area contributed by atoms with Gasteiger partial charge in [-0.05, 0) is 45.4 Å². The van der Waals surface area contributed by atoms with Crippen LogP contribution in [0, 0.1) is 6.92 Å². The molecule has 0 radical (unpaired) electrons. The number of hydrogen-bond acceptors (Lipinski definition) is 7. The summed E-state index contributed by atoms with van der Waals surface area (Å²) in [5, 5.41) is 0. The van der Waals surface area contributed by atoms with E-state index in [1.54, 1.807) is 17.5 Å². The summed E-state index contributed by atoms with van der Waals surface area (Å²) < 4.78 is 18.1. The Morgan fingerprint density at radius 1 is 1.14 bits per heavy atom. The van der Waals surface area contributed by atoms with Crippen molar-refractivity contribution in [1.29, 1.82) is 0 Å². The van der Waals surface area contributed by atoms with Gasteiger partial charge in [0.2, 0.25) is 0 Å². The molecule has 0 amide bonds. The Hall–Kier alpha value is -2.87. The highest BCUT2D eigenvalue weighted by molar-refractivity contribution is 7.17. The highest BCUT2D eigenvalue weighted by Gasteiger charge is 2.20. The fraction of sp³-hybridized carbons (Fsp3) is 0.381. The maximum absolute atomic E-state index is 11.9. The van der Waals surface area contributed by atoms with Crippen molar-refractivity contribution in [3.8, 4) is 22.8 Å². The third-order valence-corrected chi connectivity index (χ3v) is 5.27. The molecule has 0 bridgehead atoms. The zero-order valence-electron chi connectivity index (χ0n) is 17.0. The molecule has 0 spiro atoms. The lowest BCUT2D eigenvalue weighted by Gasteiger charge is -2.14. The fourth-order valence-corrected chi connectivity index (χ4v) is 4.08. The highest BCUT2D eigenvalue weighted by atomic mass is 32.1. The van der Waals surface area contributed by atoms with E-state index in [4.69, 9.17) is 14.2 Å². The number of rotatable bonds is 9. The van der Waals surface area contributed by atoms with Gasteiger partial charge in [-0.1, -0.05) is 0 Å². The molecule has 3 rings (SSSR count). The van der Waals surface area contributed by atoms with Gasteiger partial charge in [0.25, 0.3) is 0 Å². The third-order valence-electron chi connectivity index (χ3n) is 4.29. The molecule has 0 unspecified atom stereocenters. The van der Waals surface area contributed by atoms with Crippen LogP contribution in [0.25, 0.3) is 16.2 Å². The summed E-state index contributed by atoms with van der Waals surface area (Å²) in [7, 11) is 0. The first kappa shape index (κ1) is 20.9. The van der Waals surface area contributed by atoms with E-state index in [9.17, 15) is 9.59 Å². The molecule has 0 atom stereocenters. The minimum absolute atomic E-state index is 0.159. The Morgan fingerprint density at radius 2 is 1.83 bits per heavy atom. The SMILES string of the molecule is CCOC(=O)Cc1cn2c(C=O)c(-c3cc(OCC)c(OCC)cc3C)nc2s1. The van der Waals surface area contributed by atoms with Crippen LogP contribution < -0.4 is 9.47 Å². The molecule has 0 aliphatic carbocycles. The number of nitrogens with zero attached hydrogens (tertiary/aromatic N) is 2. The number of benzene rings is 1. The first-order valence-corrected chi connectivity index (χ1v) is 10.4. The van der Waals surface area contributed by atoms with E-state index in [2.05, 4.69) is 4.98 Å². The topological polar surface area (TPSA) is 79.1 Å². The first-order chi connectivity index (χ1) is 14.0. The van der Waals surface area contributed by atoms with Gasteiger partial charge in [0.15, 0.2) is 22.7 Å². The zero-order valence-corrected chi connectivity index (χ0v) is 17.8. The molecule has 8 heteroatoms. The predicted molar refractivity (Wildman–Crippen MR) is 111 cm³/mol. The van der Waals surface area contributed by atoms with E-state index in [1.165, 1.54) is 11.3 Å².